The summed E-state index contributed by atoms with van der Waals surface area (Å²) in [4.78, 5) is 4.65. The summed E-state index contributed by atoms with van der Waals surface area (Å²) in [6.45, 7) is 9.37. The van der Waals surface area contributed by atoms with E-state index in [9.17, 15) is 0 Å². The van der Waals surface area contributed by atoms with Gasteiger partial charge in [-0.3, -0.25) is 0 Å². The molecule has 1 N–H and O–H groups in total. The number of hydrogen-bond acceptors (Lipinski definition) is 4. The minimum atomic E-state index is 0.160. The topological polar surface area (TPSA) is 34.1 Å². The Morgan fingerprint density at radius 3 is 2.71 bits per heavy atom. The molecule has 1 aromatic rings. The lowest BCUT2D eigenvalue weighted by Crippen LogP contribution is -2.16. The Morgan fingerprint density at radius 2 is 2.12 bits per heavy atom. The van der Waals surface area contributed by atoms with Gasteiger partial charge in [-0.05, 0) is 19.4 Å². The van der Waals surface area contributed by atoms with Crippen LogP contribution in [0.5, 0.6) is 0 Å². The molecule has 3 nitrogen and oxygen atoms in total. The van der Waals surface area contributed by atoms with Crippen LogP contribution >= 0.6 is 11.3 Å². The summed E-state index contributed by atoms with van der Waals surface area (Å²) in [5.41, 5.74) is 1.35. The maximum atomic E-state index is 5.01. The lowest BCUT2D eigenvalue weighted by Gasteiger charge is -2.14. The zero-order valence-corrected chi connectivity index (χ0v) is 12.2. The van der Waals surface area contributed by atoms with Crippen molar-refractivity contribution in [1.29, 1.82) is 0 Å². The summed E-state index contributed by atoms with van der Waals surface area (Å²) in [5.74, 6) is 0. The van der Waals surface area contributed by atoms with Gasteiger partial charge < -0.3 is 10.1 Å². The van der Waals surface area contributed by atoms with E-state index >= 15 is 0 Å². The summed E-state index contributed by atoms with van der Waals surface area (Å²) >= 11 is 1.75. The minimum Gasteiger partial charge on any atom is -0.385 e. The van der Waals surface area contributed by atoms with Gasteiger partial charge in [-0.25, -0.2) is 4.98 Å². The van der Waals surface area contributed by atoms with E-state index in [0.717, 1.165) is 32.5 Å². The molecule has 0 amide bonds. The highest BCUT2D eigenvalue weighted by molar-refractivity contribution is 7.09. The molecule has 0 radical (unpaired) electrons. The van der Waals surface area contributed by atoms with Crippen LogP contribution in [0.4, 0.5) is 0 Å². The second-order valence-electron chi connectivity index (χ2n) is 5.25. The lowest BCUT2D eigenvalue weighted by molar-refractivity contribution is 0.192. The van der Waals surface area contributed by atoms with E-state index in [1.165, 1.54) is 10.7 Å². The molecule has 0 aromatic carbocycles. The number of thiazole rings is 1. The van der Waals surface area contributed by atoms with Crippen LogP contribution in [0.3, 0.4) is 0 Å². The molecule has 0 aliphatic heterocycles. The predicted molar refractivity (Wildman–Crippen MR) is 73.6 cm³/mol. The molecule has 4 heteroatoms. The van der Waals surface area contributed by atoms with Crippen LogP contribution in [0.1, 0.15) is 44.3 Å². The normalized spacial score (nSPS) is 12.0. The van der Waals surface area contributed by atoms with E-state index in [2.05, 4.69) is 36.5 Å². The van der Waals surface area contributed by atoms with Crippen molar-refractivity contribution in [3.05, 3.63) is 16.1 Å². The number of nitrogens with one attached hydrogen (secondary N) is 1. The van der Waals surface area contributed by atoms with Gasteiger partial charge in [0.15, 0.2) is 0 Å². The number of ether oxygens (including phenoxy) is 1. The molecular weight excluding hydrogens is 232 g/mol. The van der Waals surface area contributed by atoms with E-state index in [1.807, 2.05) is 0 Å². The van der Waals surface area contributed by atoms with Gasteiger partial charge in [0.25, 0.3) is 0 Å². The van der Waals surface area contributed by atoms with Crippen molar-refractivity contribution in [3.8, 4) is 0 Å². The third-order valence-corrected chi connectivity index (χ3v) is 3.40. The van der Waals surface area contributed by atoms with E-state index in [-0.39, 0.29) is 5.41 Å². The van der Waals surface area contributed by atoms with Crippen LogP contribution in [-0.2, 0) is 16.7 Å². The van der Waals surface area contributed by atoms with E-state index in [1.54, 1.807) is 18.4 Å². The molecule has 0 aliphatic rings. The van der Waals surface area contributed by atoms with Crippen LogP contribution in [-0.4, -0.2) is 25.2 Å². The molecule has 17 heavy (non-hydrogen) atoms. The number of rotatable bonds is 7. The first-order valence-electron chi connectivity index (χ1n) is 6.18. The fourth-order valence-electron chi connectivity index (χ4n) is 1.43. The standard InChI is InChI=1S/C13H24N2OS/c1-13(2,3)11-10-17-12(15-11)9-14-7-5-6-8-16-4/h10,14H,5-9H2,1-4H3. The van der Waals surface area contributed by atoms with Crippen LogP contribution in [0.15, 0.2) is 5.38 Å². The number of hydrogen-bond donors (Lipinski definition) is 1. The van der Waals surface area contributed by atoms with E-state index in [0.29, 0.717) is 0 Å². The Morgan fingerprint density at radius 1 is 1.35 bits per heavy atom. The molecule has 0 fully saturated rings. The third kappa shape index (κ3) is 5.61. The molecular formula is C13H24N2OS. The summed E-state index contributed by atoms with van der Waals surface area (Å²) in [6, 6.07) is 0. The Hall–Kier alpha value is -0.450. The number of unbranched alkanes of at least 4 members (excludes halogenated alkanes) is 1. The zero-order chi connectivity index (χ0) is 12.7. The van der Waals surface area contributed by atoms with Gasteiger partial charge in [0, 0.05) is 31.1 Å². The highest BCUT2D eigenvalue weighted by Gasteiger charge is 2.16. The fraction of sp³-hybridized carbons (Fsp3) is 0.769. The highest BCUT2D eigenvalue weighted by Crippen LogP contribution is 2.23. The predicted octanol–water partition coefficient (Wildman–Crippen LogP) is 2.96. The second-order valence-corrected chi connectivity index (χ2v) is 6.20. The van der Waals surface area contributed by atoms with Crippen LogP contribution in [0.25, 0.3) is 0 Å². The largest absolute Gasteiger partial charge is 0.385 e. The van der Waals surface area contributed by atoms with Gasteiger partial charge >= 0.3 is 0 Å². The SMILES string of the molecule is COCCCCNCc1nc(C(C)(C)C)cs1. The Balaban J connectivity index is 2.21. The van der Waals surface area contributed by atoms with Crippen molar-refractivity contribution in [2.75, 3.05) is 20.3 Å². The molecule has 0 aliphatic carbocycles. The van der Waals surface area contributed by atoms with Crippen molar-refractivity contribution in [2.24, 2.45) is 0 Å². The number of aromatic nitrogens is 1. The average Bonchev–Trinajstić information content (AvgIpc) is 2.71. The third-order valence-electron chi connectivity index (χ3n) is 2.55. The molecule has 0 saturated carbocycles. The zero-order valence-electron chi connectivity index (χ0n) is 11.4. The smallest absolute Gasteiger partial charge is 0.107 e. The number of methoxy groups -OCH3 is 1. The van der Waals surface area contributed by atoms with Gasteiger partial charge in [0.2, 0.25) is 0 Å². The maximum Gasteiger partial charge on any atom is 0.107 e. The average molecular weight is 256 g/mol. The Labute approximate surface area is 109 Å². The molecule has 1 heterocycles. The molecule has 98 valence electrons. The summed E-state index contributed by atoms with van der Waals surface area (Å²) in [5, 5.41) is 6.77. The Bertz CT molecular complexity index is 317. The molecule has 0 unspecified atom stereocenters. The van der Waals surface area contributed by atoms with Crippen molar-refractivity contribution >= 4 is 11.3 Å². The van der Waals surface area contributed by atoms with Gasteiger partial charge in [-0.15, -0.1) is 11.3 Å². The van der Waals surface area contributed by atoms with Crippen molar-refractivity contribution in [1.82, 2.24) is 10.3 Å². The van der Waals surface area contributed by atoms with Crippen LogP contribution < -0.4 is 5.32 Å². The minimum absolute atomic E-state index is 0.160. The van der Waals surface area contributed by atoms with Crippen molar-refractivity contribution in [3.63, 3.8) is 0 Å². The Kier molecular flexibility index (Phi) is 6.09. The molecule has 1 aromatic heterocycles. The fourth-order valence-corrected chi connectivity index (χ4v) is 2.42. The van der Waals surface area contributed by atoms with Gasteiger partial charge in [-0.2, -0.15) is 0 Å². The summed E-state index contributed by atoms with van der Waals surface area (Å²) in [7, 11) is 1.75. The monoisotopic (exact) mass is 256 g/mol. The van der Waals surface area contributed by atoms with Gasteiger partial charge in [-0.1, -0.05) is 20.8 Å². The van der Waals surface area contributed by atoms with Crippen LogP contribution in [0, 0.1) is 0 Å². The second kappa shape index (κ2) is 7.09. The van der Waals surface area contributed by atoms with Crippen LogP contribution in [0.2, 0.25) is 0 Å². The molecule has 0 bridgehead atoms. The van der Waals surface area contributed by atoms with Crippen molar-refractivity contribution in [2.45, 2.75) is 45.6 Å². The highest BCUT2D eigenvalue weighted by atomic mass is 32.1. The summed E-state index contributed by atoms with van der Waals surface area (Å²) in [6.07, 6.45) is 2.28. The summed E-state index contributed by atoms with van der Waals surface area (Å²) < 4.78 is 5.01. The number of nitrogens with zero attached hydrogens (tertiary/aromatic N) is 1. The quantitative estimate of drug-likeness (QED) is 0.762. The molecule has 0 spiro atoms. The lowest BCUT2D eigenvalue weighted by atomic mass is 9.93. The van der Waals surface area contributed by atoms with Gasteiger partial charge in [0.05, 0.1) is 5.69 Å². The first-order valence-corrected chi connectivity index (χ1v) is 7.06. The first-order chi connectivity index (χ1) is 8.04. The van der Waals surface area contributed by atoms with E-state index in [4.69, 9.17) is 4.74 Å². The maximum absolute atomic E-state index is 5.01. The van der Waals surface area contributed by atoms with E-state index < -0.39 is 0 Å². The molecule has 0 saturated heterocycles. The van der Waals surface area contributed by atoms with Gasteiger partial charge in [0.1, 0.15) is 5.01 Å². The molecule has 1 rings (SSSR count). The molecule has 0 atom stereocenters. The first kappa shape index (κ1) is 14.6. The van der Waals surface area contributed by atoms with Crippen molar-refractivity contribution < 1.29 is 4.74 Å².